The summed E-state index contributed by atoms with van der Waals surface area (Å²) in [6.45, 7) is 7.44. The maximum absolute atomic E-state index is 13.9. The van der Waals surface area contributed by atoms with Crippen molar-refractivity contribution >= 4 is 0 Å². The van der Waals surface area contributed by atoms with E-state index < -0.39 is 0 Å². The van der Waals surface area contributed by atoms with Crippen LogP contribution in [0.3, 0.4) is 0 Å². The Labute approximate surface area is 112 Å². The highest BCUT2D eigenvalue weighted by molar-refractivity contribution is 5.19. The predicted octanol–water partition coefficient (Wildman–Crippen LogP) is 1.68. The zero-order chi connectivity index (χ0) is 14.0. The van der Waals surface area contributed by atoms with Crippen molar-refractivity contribution in [3.63, 3.8) is 0 Å². The van der Waals surface area contributed by atoms with Gasteiger partial charge in [0.15, 0.2) is 0 Å². The highest BCUT2D eigenvalue weighted by Crippen LogP contribution is 2.12. The van der Waals surface area contributed by atoms with Crippen LogP contribution < -0.4 is 5.32 Å². The number of hydrogen-bond acceptors (Lipinski definition) is 3. The van der Waals surface area contributed by atoms with E-state index >= 15 is 0 Å². The highest BCUT2D eigenvalue weighted by atomic mass is 19.1. The van der Waals surface area contributed by atoms with E-state index in [-0.39, 0.29) is 5.95 Å². The third kappa shape index (κ3) is 2.68. The van der Waals surface area contributed by atoms with Gasteiger partial charge >= 0.3 is 0 Å². The smallest absolute Gasteiger partial charge is 0.216 e. The minimum Gasteiger partial charge on any atom is -0.308 e. The average Bonchev–Trinajstić information content (AvgIpc) is 2.85. The summed E-state index contributed by atoms with van der Waals surface area (Å²) in [6.07, 6.45) is 1.83. The largest absolute Gasteiger partial charge is 0.308 e. The fraction of sp³-hybridized carbons (Fsp3) is 0.538. The Morgan fingerprint density at radius 1 is 1.32 bits per heavy atom. The molecule has 0 fully saturated rings. The molecule has 0 aromatic carbocycles. The molecular formula is C13H20FN5. The molecule has 104 valence electrons. The quantitative estimate of drug-likeness (QED) is 0.895. The van der Waals surface area contributed by atoms with Gasteiger partial charge in [-0.25, -0.2) is 4.68 Å². The van der Waals surface area contributed by atoms with Crippen LogP contribution in [0.15, 0.2) is 6.20 Å². The van der Waals surface area contributed by atoms with Gasteiger partial charge in [-0.05, 0) is 20.8 Å². The Morgan fingerprint density at radius 3 is 2.58 bits per heavy atom. The van der Waals surface area contributed by atoms with Crippen molar-refractivity contribution in [2.45, 2.75) is 40.4 Å². The number of nitrogens with zero attached hydrogens (tertiary/aromatic N) is 4. The molecule has 6 heteroatoms. The molecule has 0 spiro atoms. The number of nitrogens with one attached hydrogen (secondary N) is 1. The standard InChI is InChI=1S/C13H20FN5/c1-5-19-13(14)12(9(2)17-19)8-15-6-11-7-16-18(4)10(11)3/h7,15H,5-6,8H2,1-4H3. The van der Waals surface area contributed by atoms with Crippen molar-refractivity contribution in [3.05, 3.63) is 34.7 Å². The first-order valence-electron chi connectivity index (χ1n) is 6.44. The topological polar surface area (TPSA) is 47.7 Å². The molecule has 0 unspecified atom stereocenters. The SMILES string of the molecule is CCn1nc(C)c(CNCc2cnn(C)c2C)c1F. The summed E-state index contributed by atoms with van der Waals surface area (Å²) in [7, 11) is 1.91. The lowest BCUT2D eigenvalue weighted by atomic mass is 10.2. The van der Waals surface area contributed by atoms with E-state index in [0.29, 0.717) is 25.2 Å². The highest BCUT2D eigenvalue weighted by Gasteiger charge is 2.13. The molecule has 0 radical (unpaired) electrons. The predicted molar refractivity (Wildman–Crippen MR) is 71.1 cm³/mol. The Morgan fingerprint density at radius 2 is 2.05 bits per heavy atom. The Hall–Kier alpha value is -1.69. The van der Waals surface area contributed by atoms with Crippen molar-refractivity contribution in [2.75, 3.05) is 0 Å². The number of rotatable bonds is 5. The summed E-state index contributed by atoms with van der Waals surface area (Å²) < 4.78 is 17.2. The van der Waals surface area contributed by atoms with Crippen LogP contribution in [0, 0.1) is 19.8 Å². The Balaban J connectivity index is 2.00. The minimum atomic E-state index is -0.240. The average molecular weight is 265 g/mol. The van der Waals surface area contributed by atoms with E-state index in [1.807, 2.05) is 38.7 Å². The maximum atomic E-state index is 13.9. The zero-order valence-corrected chi connectivity index (χ0v) is 11.9. The van der Waals surface area contributed by atoms with E-state index in [1.54, 1.807) is 0 Å². The van der Waals surface area contributed by atoms with Gasteiger partial charge in [0.2, 0.25) is 5.95 Å². The van der Waals surface area contributed by atoms with Crippen LogP contribution in [-0.4, -0.2) is 19.6 Å². The van der Waals surface area contributed by atoms with E-state index in [1.165, 1.54) is 4.68 Å². The van der Waals surface area contributed by atoms with Crippen molar-refractivity contribution in [3.8, 4) is 0 Å². The number of aromatic nitrogens is 4. The van der Waals surface area contributed by atoms with Gasteiger partial charge in [0.05, 0.1) is 11.9 Å². The number of hydrogen-bond donors (Lipinski definition) is 1. The van der Waals surface area contributed by atoms with E-state index in [4.69, 9.17) is 0 Å². The normalized spacial score (nSPS) is 11.2. The molecule has 2 aromatic rings. The molecule has 5 nitrogen and oxygen atoms in total. The molecule has 2 heterocycles. The fourth-order valence-corrected chi connectivity index (χ4v) is 2.04. The molecule has 2 rings (SSSR count). The molecule has 2 aromatic heterocycles. The first kappa shape index (κ1) is 13.7. The molecule has 0 aliphatic rings. The zero-order valence-electron chi connectivity index (χ0n) is 11.9. The minimum absolute atomic E-state index is 0.240. The summed E-state index contributed by atoms with van der Waals surface area (Å²) in [4.78, 5) is 0. The summed E-state index contributed by atoms with van der Waals surface area (Å²) in [5.41, 5.74) is 3.63. The second-order valence-corrected chi connectivity index (χ2v) is 4.65. The lowest BCUT2D eigenvalue weighted by Crippen LogP contribution is -2.14. The Kier molecular flexibility index (Phi) is 3.99. The van der Waals surface area contributed by atoms with E-state index in [9.17, 15) is 4.39 Å². The van der Waals surface area contributed by atoms with E-state index in [2.05, 4.69) is 15.5 Å². The summed E-state index contributed by atoms with van der Waals surface area (Å²) in [5.74, 6) is -0.240. The Bertz CT molecular complexity index is 570. The van der Waals surface area contributed by atoms with Gasteiger partial charge in [0, 0.05) is 43.5 Å². The van der Waals surface area contributed by atoms with Crippen molar-refractivity contribution in [2.24, 2.45) is 7.05 Å². The molecule has 0 aliphatic heterocycles. The van der Waals surface area contributed by atoms with Gasteiger partial charge in [-0.2, -0.15) is 14.6 Å². The van der Waals surface area contributed by atoms with Crippen LogP contribution in [0.1, 0.15) is 29.4 Å². The lowest BCUT2D eigenvalue weighted by molar-refractivity contribution is 0.460. The molecule has 0 atom stereocenters. The molecule has 19 heavy (non-hydrogen) atoms. The summed E-state index contributed by atoms with van der Waals surface area (Å²) in [6, 6.07) is 0. The fourth-order valence-electron chi connectivity index (χ4n) is 2.04. The van der Waals surface area contributed by atoms with Gasteiger partial charge in [0.25, 0.3) is 0 Å². The monoisotopic (exact) mass is 265 g/mol. The second-order valence-electron chi connectivity index (χ2n) is 4.65. The van der Waals surface area contributed by atoms with Gasteiger partial charge in [-0.1, -0.05) is 0 Å². The van der Waals surface area contributed by atoms with Crippen LogP contribution >= 0.6 is 0 Å². The van der Waals surface area contributed by atoms with Crippen molar-refractivity contribution < 1.29 is 4.39 Å². The summed E-state index contributed by atoms with van der Waals surface area (Å²) >= 11 is 0. The van der Waals surface area contributed by atoms with Crippen molar-refractivity contribution in [1.29, 1.82) is 0 Å². The first-order valence-corrected chi connectivity index (χ1v) is 6.44. The van der Waals surface area contributed by atoms with Crippen LogP contribution in [0.25, 0.3) is 0 Å². The third-order valence-corrected chi connectivity index (χ3v) is 3.44. The first-order chi connectivity index (χ1) is 9.04. The number of halogens is 1. The van der Waals surface area contributed by atoms with Crippen LogP contribution in [0.2, 0.25) is 0 Å². The molecule has 0 amide bonds. The van der Waals surface area contributed by atoms with Crippen LogP contribution in [0.4, 0.5) is 4.39 Å². The summed E-state index contributed by atoms with van der Waals surface area (Å²) in [5, 5.41) is 11.6. The third-order valence-electron chi connectivity index (χ3n) is 3.44. The van der Waals surface area contributed by atoms with Crippen LogP contribution in [0.5, 0.6) is 0 Å². The second kappa shape index (κ2) is 5.52. The maximum Gasteiger partial charge on any atom is 0.216 e. The van der Waals surface area contributed by atoms with Gasteiger partial charge in [0.1, 0.15) is 0 Å². The molecule has 0 bridgehead atoms. The lowest BCUT2D eigenvalue weighted by Gasteiger charge is -2.04. The molecular weight excluding hydrogens is 245 g/mol. The molecule has 0 saturated heterocycles. The van der Waals surface area contributed by atoms with Gasteiger partial charge < -0.3 is 5.32 Å². The molecule has 0 aliphatic carbocycles. The number of aryl methyl sites for hydroxylation is 3. The van der Waals surface area contributed by atoms with Gasteiger partial charge in [-0.15, -0.1) is 0 Å². The van der Waals surface area contributed by atoms with E-state index in [0.717, 1.165) is 17.0 Å². The van der Waals surface area contributed by atoms with Crippen LogP contribution in [-0.2, 0) is 26.7 Å². The van der Waals surface area contributed by atoms with Crippen molar-refractivity contribution in [1.82, 2.24) is 24.9 Å². The molecule has 0 saturated carbocycles. The van der Waals surface area contributed by atoms with Gasteiger partial charge in [-0.3, -0.25) is 4.68 Å². The molecule has 1 N–H and O–H groups in total.